The number of morpholine rings is 1. The Morgan fingerprint density at radius 2 is 1.75 bits per heavy atom. The molecule has 1 atom stereocenters. The van der Waals surface area contributed by atoms with Crippen molar-refractivity contribution < 1.29 is 9.84 Å². The van der Waals surface area contributed by atoms with Crippen LogP contribution in [0, 0.1) is 34.0 Å². The Hall–Kier alpha value is -2.89. The number of benzene rings is 1. The van der Waals surface area contributed by atoms with E-state index in [9.17, 15) is 5.11 Å². The second-order valence-electron chi connectivity index (χ2n) is 5.26. The summed E-state index contributed by atoms with van der Waals surface area (Å²) in [5.74, 6) is 0. The third kappa shape index (κ3) is 4.55. The highest BCUT2D eigenvalue weighted by Gasteiger charge is 2.16. The second-order valence-corrected chi connectivity index (χ2v) is 5.26. The first-order valence-corrected chi connectivity index (χ1v) is 7.47. The number of aliphatic hydroxyl groups excluding tert-OH is 1. The molecule has 1 unspecified atom stereocenters. The van der Waals surface area contributed by atoms with Crippen LogP contribution in [-0.4, -0.2) is 42.9 Å². The van der Waals surface area contributed by atoms with Crippen LogP contribution in [0.3, 0.4) is 0 Å². The number of rotatable bonds is 5. The van der Waals surface area contributed by atoms with Gasteiger partial charge in [-0.3, -0.25) is 4.90 Å². The van der Waals surface area contributed by atoms with Crippen LogP contribution in [0.25, 0.3) is 0 Å². The lowest BCUT2D eigenvalue weighted by molar-refractivity contribution is 0.0143. The lowest BCUT2D eigenvalue weighted by Crippen LogP contribution is -2.38. The highest BCUT2D eigenvalue weighted by Crippen LogP contribution is 2.19. The minimum atomic E-state index is -0.614. The van der Waals surface area contributed by atoms with Crippen LogP contribution in [0.15, 0.2) is 35.5 Å². The van der Waals surface area contributed by atoms with E-state index in [0.29, 0.717) is 25.4 Å². The van der Waals surface area contributed by atoms with Gasteiger partial charge >= 0.3 is 0 Å². The third-order valence-corrected chi connectivity index (χ3v) is 3.69. The number of nitrogens with zero attached hydrogens (tertiary/aromatic N) is 4. The number of hydrogen-bond acceptors (Lipinski definition) is 7. The molecule has 122 valence electrons. The van der Waals surface area contributed by atoms with Gasteiger partial charge in [0.15, 0.2) is 5.57 Å². The standard InChI is InChI=1S/C17H17N5O2/c18-9-14(10-19)16(11-20)21-15-3-1-13(2-4-15)17(23)12-22-5-7-24-8-6-22/h1-4,17,21,23H,5-8,12H2. The molecule has 0 spiro atoms. The lowest BCUT2D eigenvalue weighted by atomic mass is 10.1. The third-order valence-electron chi connectivity index (χ3n) is 3.69. The first-order valence-electron chi connectivity index (χ1n) is 7.47. The van der Waals surface area contributed by atoms with E-state index in [-0.39, 0.29) is 11.3 Å². The summed E-state index contributed by atoms with van der Waals surface area (Å²) in [4.78, 5) is 2.14. The molecule has 1 heterocycles. The second kappa shape index (κ2) is 8.67. The average molecular weight is 323 g/mol. The van der Waals surface area contributed by atoms with Gasteiger partial charge in [-0.05, 0) is 17.7 Å². The normalized spacial score (nSPS) is 15.4. The number of ether oxygens (including phenoxy) is 1. The summed E-state index contributed by atoms with van der Waals surface area (Å²) in [6.45, 7) is 3.50. The van der Waals surface area contributed by atoms with Gasteiger partial charge < -0.3 is 15.2 Å². The maximum Gasteiger partial charge on any atom is 0.163 e. The van der Waals surface area contributed by atoms with E-state index in [1.54, 1.807) is 42.5 Å². The van der Waals surface area contributed by atoms with Gasteiger partial charge in [-0.25, -0.2) is 0 Å². The molecule has 1 aliphatic heterocycles. The molecule has 1 aromatic carbocycles. The van der Waals surface area contributed by atoms with Crippen molar-refractivity contribution in [3.8, 4) is 18.2 Å². The fourth-order valence-electron chi connectivity index (χ4n) is 2.35. The molecule has 7 nitrogen and oxygen atoms in total. The summed E-state index contributed by atoms with van der Waals surface area (Å²) in [6.07, 6.45) is -0.614. The highest BCUT2D eigenvalue weighted by atomic mass is 16.5. The van der Waals surface area contributed by atoms with Crippen molar-refractivity contribution in [2.24, 2.45) is 0 Å². The number of nitrogens with one attached hydrogen (secondary N) is 1. The largest absolute Gasteiger partial charge is 0.387 e. The Labute approximate surface area is 140 Å². The van der Waals surface area contributed by atoms with Gasteiger partial charge in [-0.1, -0.05) is 12.1 Å². The van der Waals surface area contributed by atoms with Crippen LogP contribution in [0.5, 0.6) is 0 Å². The first-order chi connectivity index (χ1) is 11.7. The van der Waals surface area contributed by atoms with E-state index < -0.39 is 6.10 Å². The molecule has 7 heteroatoms. The molecular weight excluding hydrogens is 306 g/mol. The Balaban J connectivity index is 2.02. The van der Waals surface area contributed by atoms with Crippen molar-refractivity contribution in [3.63, 3.8) is 0 Å². The van der Waals surface area contributed by atoms with Gasteiger partial charge in [0, 0.05) is 25.3 Å². The summed E-state index contributed by atoms with van der Waals surface area (Å²) in [5, 5.41) is 39.7. The van der Waals surface area contributed by atoms with Gasteiger partial charge in [0.1, 0.15) is 23.9 Å². The summed E-state index contributed by atoms with van der Waals surface area (Å²) in [5.41, 5.74) is 0.961. The molecule has 1 saturated heterocycles. The molecule has 0 amide bonds. The molecule has 0 aromatic heterocycles. The fraction of sp³-hybridized carbons (Fsp3) is 0.353. The molecule has 0 radical (unpaired) electrons. The summed E-state index contributed by atoms with van der Waals surface area (Å²) >= 11 is 0. The monoisotopic (exact) mass is 323 g/mol. The number of hydrogen-bond donors (Lipinski definition) is 2. The maximum atomic E-state index is 10.3. The van der Waals surface area contributed by atoms with E-state index in [1.165, 1.54) is 0 Å². The molecule has 2 rings (SSSR count). The predicted molar refractivity (Wildman–Crippen MR) is 86.1 cm³/mol. The van der Waals surface area contributed by atoms with Crippen molar-refractivity contribution in [2.75, 3.05) is 38.2 Å². The number of β-amino-alcohol motifs (C(OH)–C–C–N with tert-alkyl or cyclic N) is 1. The molecular formula is C17H17N5O2. The maximum absolute atomic E-state index is 10.3. The number of nitriles is 3. The van der Waals surface area contributed by atoms with E-state index in [1.807, 2.05) is 0 Å². The van der Waals surface area contributed by atoms with Crippen LogP contribution < -0.4 is 5.32 Å². The van der Waals surface area contributed by atoms with E-state index >= 15 is 0 Å². The zero-order chi connectivity index (χ0) is 17.4. The molecule has 2 N–H and O–H groups in total. The highest BCUT2D eigenvalue weighted by molar-refractivity contribution is 5.58. The van der Waals surface area contributed by atoms with E-state index in [4.69, 9.17) is 20.5 Å². The van der Waals surface area contributed by atoms with Crippen molar-refractivity contribution in [2.45, 2.75) is 6.10 Å². The van der Waals surface area contributed by atoms with Gasteiger partial charge in [0.25, 0.3) is 0 Å². The Kier molecular flexibility index (Phi) is 6.31. The van der Waals surface area contributed by atoms with E-state index in [2.05, 4.69) is 10.2 Å². The minimum Gasteiger partial charge on any atom is -0.387 e. The topological polar surface area (TPSA) is 116 Å². The predicted octanol–water partition coefficient (Wildman–Crippen LogP) is 1.29. The average Bonchev–Trinajstić information content (AvgIpc) is 2.63. The minimum absolute atomic E-state index is 0.0957. The Bertz CT molecular complexity index is 699. The molecule has 24 heavy (non-hydrogen) atoms. The van der Waals surface area contributed by atoms with Gasteiger partial charge in [-0.2, -0.15) is 15.8 Å². The summed E-state index contributed by atoms with van der Waals surface area (Å²) < 4.78 is 5.28. The Morgan fingerprint density at radius 1 is 1.12 bits per heavy atom. The van der Waals surface area contributed by atoms with Gasteiger partial charge in [0.05, 0.1) is 19.3 Å². The van der Waals surface area contributed by atoms with Crippen molar-refractivity contribution in [3.05, 3.63) is 41.1 Å². The van der Waals surface area contributed by atoms with E-state index in [0.717, 1.165) is 18.7 Å². The molecule has 0 bridgehead atoms. The molecule has 0 saturated carbocycles. The number of allylic oxidation sites excluding steroid dienone is 2. The van der Waals surface area contributed by atoms with Crippen LogP contribution in [-0.2, 0) is 4.74 Å². The summed E-state index contributed by atoms with van der Waals surface area (Å²) in [6, 6.07) is 12.0. The van der Waals surface area contributed by atoms with Gasteiger partial charge in [-0.15, -0.1) is 0 Å². The van der Waals surface area contributed by atoms with Gasteiger partial charge in [0.2, 0.25) is 0 Å². The SMILES string of the molecule is N#CC(C#N)=C(C#N)Nc1ccc(C(O)CN2CCOCC2)cc1. The summed E-state index contributed by atoms with van der Waals surface area (Å²) in [7, 11) is 0. The number of aliphatic hydroxyl groups is 1. The zero-order valence-corrected chi connectivity index (χ0v) is 13.1. The molecule has 1 aliphatic rings. The van der Waals surface area contributed by atoms with Crippen molar-refractivity contribution in [1.82, 2.24) is 4.90 Å². The van der Waals surface area contributed by atoms with Crippen LogP contribution in [0.4, 0.5) is 5.69 Å². The Morgan fingerprint density at radius 3 is 2.29 bits per heavy atom. The fourth-order valence-corrected chi connectivity index (χ4v) is 2.35. The quantitative estimate of drug-likeness (QED) is 0.784. The van der Waals surface area contributed by atoms with Crippen LogP contribution in [0.1, 0.15) is 11.7 Å². The molecule has 1 aromatic rings. The first kappa shape index (κ1) is 17.5. The zero-order valence-electron chi connectivity index (χ0n) is 13.1. The molecule has 0 aliphatic carbocycles. The van der Waals surface area contributed by atoms with Crippen molar-refractivity contribution >= 4 is 5.69 Å². The van der Waals surface area contributed by atoms with Crippen molar-refractivity contribution in [1.29, 1.82) is 15.8 Å². The number of anilines is 1. The smallest absolute Gasteiger partial charge is 0.163 e. The molecule has 1 fully saturated rings. The van der Waals surface area contributed by atoms with Crippen LogP contribution in [0.2, 0.25) is 0 Å². The lowest BCUT2D eigenvalue weighted by Gasteiger charge is -2.28. The van der Waals surface area contributed by atoms with Crippen LogP contribution >= 0.6 is 0 Å².